The van der Waals surface area contributed by atoms with Gasteiger partial charge in [0.25, 0.3) is 11.8 Å². The standard InChI is InChI=1S/C41H47N5O10/c1-45(2)29-9-6-27(7-10-29)33-12-8-28-24-31(11-13-34(28)43-33)56-26-30(47)25-55-23-22-54-21-20-53-19-18-52-17-16-42-35-5-3-4-32-38(35)41(51)46(40(32)50)36-14-15-37(48)44-39(36)49/h3-13,24,30,36,42,47H,14-23,25-26H2,1-2H3,(H,44,48,49). The summed E-state index contributed by atoms with van der Waals surface area (Å²) in [6.07, 6.45) is -0.643. The summed E-state index contributed by atoms with van der Waals surface area (Å²) in [5.41, 5.74) is 4.81. The predicted octanol–water partition coefficient (Wildman–Crippen LogP) is 3.29. The monoisotopic (exact) mass is 769 g/mol. The summed E-state index contributed by atoms with van der Waals surface area (Å²) in [5.74, 6) is -1.55. The number of hydrogen-bond acceptors (Lipinski definition) is 13. The summed E-state index contributed by atoms with van der Waals surface area (Å²) in [5, 5.41) is 16.6. The number of fused-ring (bicyclic) bond motifs is 2. The minimum Gasteiger partial charge on any atom is -0.491 e. The number of nitrogens with zero attached hydrogens (tertiary/aromatic N) is 3. The van der Waals surface area contributed by atoms with E-state index in [4.69, 9.17) is 28.7 Å². The van der Waals surface area contributed by atoms with E-state index in [1.54, 1.807) is 18.2 Å². The van der Waals surface area contributed by atoms with E-state index >= 15 is 0 Å². The maximum absolute atomic E-state index is 13.2. The zero-order chi connectivity index (χ0) is 39.4. The van der Waals surface area contributed by atoms with Crippen LogP contribution >= 0.6 is 0 Å². The number of anilines is 2. The summed E-state index contributed by atoms with van der Waals surface area (Å²) >= 11 is 0. The van der Waals surface area contributed by atoms with E-state index in [0.29, 0.717) is 64.2 Å². The number of amides is 4. The average Bonchev–Trinajstić information content (AvgIpc) is 3.45. The van der Waals surface area contributed by atoms with Crippen LogP contribution in [0.4, 0.5) is 11.4 Å². The predicted molar refractivity (Wildman–Crippen MR) is 208 cm³/mol. The fourth-order valence-electron chi connectivity index (χ4n) is 6.32. The lowest BCUT2D eigenvalue weighted by Crippen LogP contribution is -2.54. The summed E-state index contributed by atoms with van der Waals surface area (Å²) in [7, 11) is 4.02. The van der Waals surface area contributed by atoms with Crippen molar-refractivity contribution in [3.8, 4) is 17.0 Å². The zero-order valence-corrected chi connectivity index (χ0v) is 31.5. The van der Waals surface area contributed by atoms with E-state index in [-0.39, 0.29) is 37.2 Å². The molecule has 296 valence electrons. The van der Waals surface area contributed by atoms with E-state index in [2.05, 4.69) is 39.8 Å². The molecule has 3 aromatic carbocycles. The lowest BCUT2D eigenvalue weighted by atomic mass is 10.0. The summed E-state index contributed by atoms with van der Waals surface area (Å²) in [6.45, 7) is 3.01. The number of piperidine rings is 1. The number of benzene rings is 3. The fraction of sp³-hybridized carbons (Fsp3) is 0.390. The first-order chi connectivity index (χ1) is 27.2. The van der Waals surface area contributed by atoms with Crippen LogP contribution in [0.3, 0.4) is 0 Å². The molecule has 2 atom stereocenters. The molecule has 1 saturated heterocycles. The normalized spacial score (nSPS) is 15.9. The second-order valence-corrected chi connectivity index (χ2v) is 13.5. The molecule has 2 aliphatic rings. The van der Waals surface area contributed by atoms with Crippen LogP contribution in [0.5, 0.6) is 5.75 Å². The Morgan fingerprint density at radius 3 is 2.27 bits per heavy atom. The van der Waals surface area contributed by atoms with Gasteiger partial charge < -0.3 is 39.0 Å². The molecule has 1 fully saturated rings. The third-order valence-corrected chi connectivity index (χ3v) is 9.24. The van der Waals surface area contributed by atoms with Crippen LogP contribution in [0.1, 0.15) is 33.6 Å². The van der Waals surface area contributed by atoms with Gasteiger partial charge in [-0.1, -0.05) is 24.3 Å². The molecule has 2 aliphatic heterocycles. The van der Waals surface area contributed by atoms with Crippen LogP contribution in [0, 0.1) is 0 Å². The van der Waals surface area contributed by atoms with Crippen molar-refractivity contribution in [2.75, 3.05) is 90.3 Å². The van der Waals surface area contributed by atoms with Gasteiger partial charge in [-0.05, 0) is 55.0 Å². The summed E-state index contributed by atoms with van der Waals surface area (Å²) in [4.78, 5) is 57.8. The number of rotatable bonds is 21. The maximum Gasteiger partial charge on any atom is 0.264 e. The van der Waals surface area contributed by atoms with Crippen molar-refractivity contribution in [1.82, 2.24) is 15.2 Å². The number of nitrogens with one attached hydrogen (secondary N) is 2. The van der Waals surface area contributed by atoms with Gasteiger partial charge in [0.15, 0.2) is 0 Å². The van der Waals surface area contributed by atoms with Crippen molar-refractivity contribution in [3.05, 3.63) is 83.9 Å². The molecule has 4 aromatic rings. The Labute approximate surface area is 324 Å². The number of hydrogen-bond donors (Lipinski definition) is 3. The van der Waals surface area contributed by atoms with Gasteiger partial charge in [-0.3, -0.25) is 29.4 Å². The molecule has 2 unspecified atom stereocenters. The van der Waals surface area contributed by atoms with Gasteiger partial charge in [0.2, 0.25) is 11.8 Å². The highest BCUT2D eigenvalue weighted by Crippen LogP contribution is 2.32. The molecule has 3 N–H and O–H groups in total. The number of imide groups is 2. The van der Waals surface area contributed by atoms with E-state index in [9.17, 15) is 24.3 Å². The number of aliphatic hydroxyl groups excluding tert-OH is 1. The number of pyridine rings is 1. The van der Waals surface area contributed by atoms with Crippen molar-refractivity contribution in [3.63, 3.8) is 0 Å². The minimum absolute atomic E-state index is 0.0602. The molecule has 15 heteroatoms. The highest BCUT2D eigenvalue weighted by molar-refractivity contribution is 6.25. The Hall–Kier alpha value is -5.45. The quantitative estimate of drug-likeness (QED) is 0.0832. The number of carbonyl (C=O) groups excluding carboxylic acids is 4. The van der Waals surface area contributed by atoms with Crippen molar-refractivity contribution >= 4 is 45.9 Å². The molecule has 0 radical (unpaired) electrons. The first-order valence-electron chi connectivity index (χ1n) is 18.6. The molecule has 4 amide bonds. The lowest BCUT2D eigenvalue weighted by Gasteiger charge is -2.27. The molecule has 6 rings (SSSR count). The van der Waals surface area contributed by atoms with Crippen LogP contribution < -0.4 is 20.3 Å². The van der Waals surface area contributed by atoms with Gasteiger partial charge >= 0.3 is 0 Å². The Morgan fingerprint density at radius 2 is 1.55 bits per heavy atom. The van der Waals surface area contributed by atoms with E-state index < -0.39 is 35.8 Å². The van der Waals surface area contributed by atoms with Gasteiger partial charge in [-0.25, -0.2) is 4.98 Å². The van der Waals surface area contributed by atoms with Gasteiger partial charge in [0, 0.05) is 49.4 Å². The van der Waals surface area contributed by atoms with Crippen LogP contribution in [-0.4, -0.2) is 131 Å². The van der Waals surface area contributed by atoms with Crippen LogP contribution in [-0.2, 0) is 28.5 Å². The molecular weight excluding hydrogens is 722 g/mol. The second-order valence-electron chi connectivity index (χ2n) is 13.5. The van der Waals surface area contributed by atoms with Crippen molar-refractivity contribution < 1.29 is 48.0 Å². The van der Waals surface area contributed by atoms with Crippen LogP contribution in [0.25, 0.3) is 22.2 Å². The largest absolute Gasteiger partial charge is 0.491 e. The number of aliphatic hydroxyl groups is 1. The Bertz CT molecular complexity index is 2010. The Balaban J connectivity index is 0.776. The third kappa shape index (κ3) is 10.2. The smallest absolute Gasteiger partial charge is 0.264 e. The molecule has 15 nitrogen and oxygen atoms in total. The van der Waals surface area contributed by atoms with Gasteiger partial charge in [-0.2, -0.15) is 0 Å². The molecule has 0 aliphatic carbocycles. The minimum atomic E-state index is -1.02. The second kappa shape index (κ2) is 19.4. The molecule has 0 spiro atoms. The zero-order valence-electron chi connectivity index (χ0n) is 31.5. The average molecular weight is 770 g/mol. The van der Waals surface area contributed by atoms with Crippen LogP contribution in [0.15, 0.2) is 72.8 Å². The molecule has 3 heterocycles. The third-order valence-electron chi connectivity index (χ3n) is 9.24. The van der Waals surface area contributed by atoms with Crippen molar-refractivity contribution in [2.45, 2.75) is 25.0 Å². The lowest BCUT2D eigenvalue weighted by molar-refractivity contribution is -0.136. The fourth-order valence-corrected chi connectivity index (χ4v) is 6.32. The first-order valence-corrected chi connectivity index (χ1v) is 18.6. The SMILES string of the molecule is CN(C)c1ccc(-c2ccc3cc(OCC(O)COCCOCCOCCOCCNc4cccc5c4C(=O)N(C4CCC(=O)NC4=O)C5=O)ccc3n2)cc1. The maximum atomic E-state index is 13.2. The summed E-state index contributed by atoms with van der Waals surface area (Å²) in [6, 6.07) is 21.8. The number of aromatic nitrogens is 1. The Kier molecular flexibility index (Phi) is 13.9. The molecule has 1 aromatic heterocycles. The van der Waals surface area contributed by atoms with Crippen molar-refractivity contribution in [1.29, 1.82) is 0 Å². The first kappa shape index (κ1) is 40.2. The highest BCUT2D eigenvalue weighted by atomic mass is 16.6. The Morgan fingerprint density at radius 1 is 0.839 bits per heavy atom. The van der Waals surface area contributed by atoms with E-state index in [0.717, 1.165) is 32.7 Å². The summed E-state index contributed by atoms with van der Waals surface area (Å²) < 4.78 is 28.0. The molecule has 0 saturated carbocycles. The van der Waals surface area contributed by atoms with Gasteiger partial charge in [0.05, 0.1) is 75.2 Å². The molecule has 0 bridgehead atoms. The molecular formula is C41H47N5O10. The van der Waals surface area contributed by atoms with Gasteiger partial charge in [-0.15, -0.1) is 0 Å². The van der Waals surface area contributed by atoms with Crippen LogP contribution in [0.2, 0.25) is 0 Å². The van der Waals surface area contributed by atoms with E-state index in [1.807, 2.05) is 44.4 Å². The van der Waals surface area contributed by atoms with Crippen molar-refractivity contribution in [2.24, 2.45) is 0 Å². The number of ether oxygens (including phenoxy) is 5. The van der Waals surface area contributed by atoms with E-state index in [1.165, 1.54) is 0 Å². The highest BCUT2D eigenvalue weighted by Gasteiger charge is 2.45. The molecule has 56 heavy (non-hydrogen) atoms. The number of carbonyl (C=O) groups is 4. The van der Waals surface area contributed by atoms with Gasteiger partial charge in [0.1, 0.15) is 24.5 Å². The topological polar surface area (TPSA) is 178 Å².